The van der Waals surface area contributed by atoms with Gasteiger partial charge in [0.05, 0.1) is 5.69 Å². The van der Waals surface area contributed by atoms with Crippen LogP contribution in [0.3, 0.4) is 0 Å². The number of para-hydroxylation sites is 1. The van der Waals surface area contributed by atoms with Crippen molar-refractivity contribution in [2.24, 2.45) is 4.99 Å². The highest BCUT2D eigenvalue weighted by Gasteiger charge is 2.07. The lowest BCUT2D eigenvalue weighted by Gasteiger charge is -2.06. The van der Waals surface area contributed by atoms with Crippen LogP contribution in [0.15, 0.2) is 71.7 Å². The molecular weight excluding hydrogens is 348 g/mol. The summed E-state index contributed by atoms with van der Waals surface area (Å²) >= 11 is 5.92. The van der Waals surface area contributed by atoms with Gasteiger partial charge in [0.1, 0.15) is 5.75 Å². The smallest absolute Gasteiger partial charge is 0.255 e. The maximum Gasteiger partial charge on any atom is 0.255 e. The Morgan fingerprint density at radius 3 is 2.65 bits per heavy atom. The molecule has 2 N–H and O–H groups in total. The molecule has 1 amide bonds. The summed E-state index contributed by atoms with van der Waals surface area (Å²) in [6.07, 6.45) is 1.60. The van der Waals surface area contributed by atoms with Crippen LogP contribution in [0.1, 0.15) is 21.5 Å². The van der Waals surface area contributed by atoms with Gasteiger partial charge >= 0.3 is 0 Å². The number of aromatic hydroxyl groups is 1. The number of anilines is 1. The lowest BCUT2D eigenvalue weighted by atomic mass is 10.1. The predicted octanol–water partition coefficient (Wildman–Crippen LogP) is 5.36. The number of phenolic OH excluding ortho intramolecular Hbond substituents is 1. The summed E-state index contributed by atoms with van der Waals surface area (Å²) in [7, 11) is 0. The summed E-state index contributed by atoms with van der Waals surface area (Å²) in [5, 5.41) is 13.4. The molecule has 0 saturated carbocycles. The molecule has 0 atom stereocenters. The Bertz CT molecular complexity index is 983. The Kier molecular flexibility index (Phi) is 5.34. The number of hydrogen-bond donors (Lipinski definition) is 2. The van der Waals surface area contributed by atoms with Gasteiger partial charge in [-0.25, -0.2) is 0 Å². The van der Waals surface area contributed by atoms with Gasteiger partial charge in [0, 0.05) is 28.1 Å². The molecule has 0 spiro atoms. The third kappa shape index (κ3) is 4.29. The van der Waals surface area contributed by atoms with Gasteiger partial charge in [0.15, 0.2) is 0 Å². The second kappa shape index (κ2) is 7.85. The Morgan fingerprint density at radius 1 is 1.08 bits per heavy atom. The zero-order chi connectivity index (χ0) is 18.5. The van der Waals surface area contributed by atoms with Gasteiger partial charge in [0.2, 0.25) is 0 Å². The molecule has 0 radical (unpaired) electrons. The third-order valence-electron chi connectivity index (χ3n) is 3.81. The van der Waals surface area contributed by atoms with E-state index in [9.17, 15) is 9.90 Å². The van der Waals surface area contributed by atoms with Gasteiger partial charge in [0.25, 0.3) is 5.91 Å². The number of carbonyl (C=O) groups excluding carboxylic acids is 1. The molecule has 26 heavy (non-hydrogen) atoms. The SMILES string of the molecule is Cc1cccc(C=Nc2cccc(NC(=O)c3cccc(Cl)c3)c2)c1O. The van der Waals surface area contributed by atoms with Gasteiger partial charge in [-0.3, -0.25) is 9.79 Å². The van der Waals surface area contributed by atoms with Crippen LogP contribution in [-0.4, -0.2) is 17.2 Å². The summed E-state index contributed by atoms with van der Waals surface area (Å²) in [5.74, 6) is -0.0355. The lowest BCUT2D eigenvalue weighted by molar-refractivity contribution is 0.102. The van der Waals surface area contributed by atoms with Gasteiger partial charge in [-0.2, -0.15) is 0 Å². The van der Waals surface area contributed by atoms with Crippen molar-refractivity contribution in [3.8, 4) is 5.75 Å². The second-order valence-electron chi connectivity index (χ2n) is 5.79. The van der Waals surface area contributed by atoms with Crippen molar-refractivity contribution in [3.05, 3.63) is 88.4 Å². The Labute approximate surface area is 156 Å². The van der Waals surface area contributed by atoms with E-state index >= 15 is 0 Å². The molecule has 0 aliphatic rings. The quantitative estimate of drug-likeness (QED) is 0.612. The number of halogens is 1. The van der Waals surface area contributed by atoms with Crippen LogP contribution >= 0.6 is 11.6 Å². The number of nitrogens with one attached hydrogen (secondary N) is 1. The molecule has 0 unspecified atom stereocenters. The van der Waals surface area contributed by atoms with E-state index in [0.29, 0.717) is 27.5 Å². The van der Waals surface area contributed by atoms with Gasteiger partial charge in [-0.15, -0.1) is 0 Å². The number of nitrogens with zero attached hydrogens (tertiary/aromatic N) is 1. The highest BCUT2D eigenvalue weighted by Crippen LogP contribution is 2.22. The van der Waals surface area contributed by atoms with E-state index in [-0.39, 0.29) is 11.7 Å². The normalized spacial score (nSPS) is 10.8. The first-order chi connectivity index (χ1) is 12.5. The van der Waals surface area contributed by atoms with Crippen LogP contribution in [0.5, 0.6) is 5.75 Å². The van der Waals surface area contributed by atoms with Crippen LogP contribution in [0.25, 0.3) is 0 Å². The average molecular weight is 365 g/mol. The fourth-order valence-electron chi connectivity index (χ4n) is 2.43. The molecule has 0 fully saturated rings. The van der Waals surface area contributed by atoms with Crippen LogP contribution in [0.4, 0.5) is 11.4 Å². The van der Waals surface area contributed by atoms with Crippen molar-refractivity contribution in [2.45, 2.75) is 6.92 Å². The van der Waals surface area contributed by atoms with Crippen molar-refractivity contribution in [2.75, 3.05) is 5.32 Å². The molecule has 3 rings (SSSR count). The summed E-state index contributed by atoms with van der Waals surface area (Å²) in [6, 6.07) is 19.4. The number of amides is 1. The molecule has 0 aliphatic heterocycles. The zero-order valence-corrected chi connectivity index (χ0v) is 14.9. The summed E-state index contributed by atoms with van der Waals surface area (Å²) in [6.45, 7) is 1.83. The average Bonchev–Trinajstić information content (AvgIpc) is 2.63. The van der Waals surface area contributed by atoms with Crippen LogP contribution < -0.4 is 5.32 Å². The van der Waals surface area contributed by atoms with E-state index < -0.39 is 0 Å². The summed E-state index contributed by atoms with van der Waals surface area (Å²) in [4.78, 5) is 16.7. The maximum atomic E-state index is 12.3. The fourth-order valence-corrected chi connectivity index (χ4v) is 2.62. The minimum absolute atomic E-state index is 0.210. The van der Waals surface area contributed by atoms with Crippen molar-refractivity contribution in [1.82, 2.24) is 0 Å². The standard InChI is InChI=1S/C21H17ClN2O2/c1-14-5-2-7-16(20(14)25)13-23-18-9-4-10-19(12-18)24-21(26)15-6-3-8-17(22)11-15/h2-13,25H,1H3,(H,24,26). The van der Waals surface area contributed by atoms with Crippen molar-refractivity contribution >= 4 is 35.1 Å². The number of aryl methyl sites for hydroxylation is 1. The van der Waals surface area contributed by atoms with E-state index in [1.165, 1.54) is 0 Å². The third-order valence-corrected chi connectivity index (χ3v) is 4.05. The highest BCUT2D eigenvalue weighted by atomic mass is 35.5. The monoisotopic (exact) mass is 364 g/mol. The number of carbonyl (C=O) groups is 1. The minimum atomic E-state index is -0.245. The van der Waals surface area contributed by atoms with Crippen LogP contribution in [0.2, 0.25) is 5.02 Å². The number of aliphatic imine (C=N–C) groups is 1. The molecule has 0 saturated heterocycles. The molecule has 3 aromatic rings. The first-order valence-electron chi connectivity index (χ1n) is 8.02. The number of phenols is 1. The first-order valence-corrected chi connectivity index (χ1v) is 8.40. The fraction of sp³-hybridized carbons (Fsp3) is 0.0476. The summed E-state index contributed by atoms with van der Waals surface area (Å²) in [5.41, 5.74) is 3.19. The Balaban J connectivity index is 1.77. The van der Waals surface area contributed by atoms with Crippen LogP contribution in [0, 0.1) is 6.92 Å². The van der Waals surface area contributed by atoms with Gasteiger partial charge in [-0.05, 0) is 55.0 Å². The molecule has 5 heteroatoms. The maximum absolute atomic E-state index is 12.3. The van der Waals surface area contributed by atoms with Crippen molar-refractivity contribution in [3.63, 3.8) is 0 Å². The molecule has 3 aromatic carbocycles. The molecule has 0 heterocycles. The highest BCUT2D eigenvalue weighted by molar-refractivity contribution is 6.31. The van der Waals surface area contributed by atoms with Crippen molar-refractivity contribution < 1.29 is 9.90 Å². The minimum Gasteiger partial charge on any atom is -0.507 e. The molecule has 0 bridgehead atoms. The van der Waals surface area contributed by atoms with Crippen molar-refractivity contribution in [1.29, 1.82) is 0 Å². The number of hydrogen-bond acceptors (Lipinski definition) is 3. The van der Waals surface area contributed by atoms with E-state index in [1.54, 1.807) is 54.7 Å². The zero-order valence-electron chi connectivity index (χ0n) is 14.1. The van der Waals surface area contributed by atoms with Gasteiger partial charge < -0.3 is 10.4 Å². The summed E-state index contributed by atoms with van der Waals surface area (Å²) < 4.78 is 0. The molecule has 4 nitrogen and oxygen atoms in total. The molecule has 0 aromatic heterocycles. The van der Waals surface area contributed by atoms with E-state index in [4.69, 9.17) is 11.6 Å². The Morgan fingerprint density at radius 2 is 1.85 bits per heavy atom. The van der Waals surface area contributed by atoms with E-state index in [0.717, 1.165) is 5.56 Å². The Hall–Kier alpha value is -3.11. The topological polar surface area (TPSA) is 61.7 Å². The first kappa shape index (κ1) is 17.7. The largest absolute Gasteiger partial charge is 0.507 e. The lowest BCUT2D eigenvalue weighted by Crippen LogP contribution is -2.11. The van der Waals surface area contributed by atoms with Gasteiger partial charge in [-0.1, -0.05) is 35.9 Å². The number of rotatable bonds is 4. The molecule has 130 valence electrons. The number of benzene rings is 3. The van der Waals surface area contributed by atoms with Crippen LogP contribution in [-0.2, 0) is 0 Å². The second-order valence-corrected chi connectivity index (χ2v) is 6.22. The molecular formula is C21H17ClN2O2. The predicted molar refractivity (Wildman–Crippen MR) is 106 cm³/mol. The van der Waals surface area contributed by atoms with E-state index in [1.807, 2.05) is 25.1 Å². The molecule has 0 aliphatic carbocycles. The van der Waals surface area contributed by atoms with E-state index in [2.05, 4.69) is 10.3 Å².